The van der Waals surface area contributed by atoms with Crippen LogP contribution in [0, 0.1) is 0 Å². The number of nitrogens with one attached hydrogen (secondary N) is 1. The maximum absolute atomic E-state index is 5.02. The molecule has 0 bridgehead atoms. The molecule has 0 radical (unpaired) electrons. The van der Waals surface area contributed by atoms with Crippen LogP contribution >= 0.6 is 0 Å². The van der Waals surface area contributed by atoms with E-state index in [4.69, 9.17) is 9.98 Å². The van der Waals surface area contributed by atoms with Crippen molar-refractivity contribution in [2.24, 2.45) is 9.98 Å². The second-order valence-corrected chi connectivity index (χ2v) is 11.5. The van der Waals surface area contributed by atoms with Gasteiger partial charge in [-0.1, -0.05) is 115 Å². The number of hydrogen-bond acceptors (Lipinski definition) is 3. The lowest BCUT2D eigenvalue weighted by atomic mass is 10.1. The predicted molar refractivity (Wildman–Crippen MR) is 189 cm³/mol. The van der Waals surface area contributed by atoms with Gasteiger partial charge in [0.1, 0.15) is 17.6 Å². The van der Waals surface area contributed by atoms with Gasteiger partial charge in [-0.3, -0.25) is 9.13 Å². The van der Waals surface area contributed by atoms with E-state index in [1.165, 1.54) is 27.2 Å². The molecule has 0 spiro atoms. The molecule has 0 aliphatic carbocycles. The number of fused-ring (bicyclic) bond motifs is 5. The van der Waals surface area contributed by atoms with Crippen LogP contribution in [0.3, 0.4) is 0 Å². The molecule has 0 saturated heterocycles. The zero-order valence-electron chi connectivity index (χ0n) is 25.0. The highest BCUT2D eigenvalue weighted by Crippen LogP contribution is 2.40. The van der Waals surface area contributed by atoms with Gasteiger partial charge in [-0.2, -0.15) is 0 Å². The molecule has 6 aromatic carbocycles. The van der Waals surface area contributed by atoms with Crippen molar-refractivity contribution in [3.05, 3.63) is 180 Å². The molecule has 218 valence electrons. The number of para-hydroxylation sites is 3. The lowest BCUT2D eigenvalue weighted by molar-refractivity contribution is 0.674. The molecule has 0 amide bonds. The van der Waals surface area contributed by atoms with Gasteiger partial charge in [0.2, 0.25) is 0 Å². The largest absolute Gasteiger partial charge is 0.344 e. The fourth-order valence-electron chi connectivity index (χ4n) is 6.68. The molecule has 1 aliphatic rings. The summed E-state index contributed by atoms with van der Waals surface area (Å²) >= 11 is 0. The minimum Gasteiger partial charge on any atom is -0.344 e. The Morgan fingerprint density at radius 3 is 1.63 bits per heavy atom. The molecular weight excluding hydrogens is 562 g/mol. The Kier molecular flexibility index (Phi) is 6.13. The van der Waals surface area contributed by atoms with E-state index in [0.29, 0.717) is 0 Å². The highest BCUT2D eigenvalue weighted by molar-refractivity contribution is 6.22. The van der Waals surface area contributed by atoms with E-state index in [0.717, 1.165) is 45.4 Å². The Morgan fingerprint density at radius 1 is 0.478 bits per heavy atom. The van der Waals surface area contributed by atoms with Crippen molar-refractivity contribution in [1.82, 2.24) is 14.5 Å². The average Bonchev–Trinajstić information content (AvgIpc) is 3.65. The van der Waals surface area contributed by atoms with Crippen LogP contribution in [-0.4, -0.2) is 20.8 Å². The van der Waals surface area contributed by atoms with Gasteiger partial charge < -0.3 is 5.32 Å². The first-order valence-electron chi connectivity index (χ1n) is 15.6. The minimum absolute atomic E-state index is 0.238. The molecule has 1 aliphatic heterocycles. The standard InChI is InChI=1S/C41H29N5/c1-4-14-28(15-5-1)38-42-39(29-16-6-2-7-17-29)44-40(43-38)30-24-26-32(27-25-30)46-36-23-13-11-21-34(36)37-33-20-10-12-22-35(33)45(41(37)46)31-18-8-3-9-19-31/h1-27,38H,(H,42,43,44). The van der Waals surface area contributed by atoms with Crippen molar-refractivity contribution in [3.8, 4) is 11.4 Å². The van der Waals surface area contributed by atoms with Gasteiger partial charge in [0.05, 0.1) is 11.0 Å². The first-order chi connectivity index (χ1) is 22.8. The van der Waals surface area contributed by atoms with E-state index in [1.807, 2.05) is 36.4 Å². The summed E-state index contributed by atoms with van der Waals surface area (Å²) in [5.74, 6) is 1.52. The number of aromatic nitrogens is 2. The Morgan fingerprint density at radius 2 is 1.00 bits per heavy atom. The van der Waals surface area contributed by atoms with Gasteiger partial charge in [-0.25, -0.2) is 9.98 Å². The van der Waals surface area contributed by atoms with Crippen LogP contribution in [0.2, 0.25) is 0 Å². The SMILES string of the molecule is c1ccc(C2=NC(c3ccccc3)NC(c3ccc(-n4c5ccccc5c5c6ccccc6n(-c6ccccc6)c54)cc3)=N2)cc1. The van der Waals surface area contributed by atoms with Crippen LogP contribution in [0.1, 0.15) is 22.9 Å². The van der Waals surface area contributed by atoms with Crippen LogP contribution < -0.4 is 5.32 Å². The Bertz CT molecular complexity index is 2420. The lowest BCUT2D eigenvalue weighted by Gasteiger charge is -2.23. The summed E-state index contributed by atoms with van der Waals surface area (Å²) in [5.41, 5.74) is 8.82. The molecule has 1 N–H and O–H groups in total. The fourth-order valence-corrected chi connectivity index (χ4v) is 6.68. The lowest BCUT2D eigenvalue weighted by Crippen LogP contribution is -2.33. The Balaban J connectivity index is 1.21. The van der Waals surface area contributed by atoms with Crippen molar-refractivity contribution < 1.29 is 0 Å². The third-order valence-corrected chi connectivity index (χ3v) is 8.78. The molecule has 1 atom stereocenters. The first-order valence-corrected chi connectivity index (χ1v) is 15.6. The van der Waals surface area contributed by atoms with Gasteiger partial charge in [-0.15, -0.1) is 0 Å². The number of rotatable bonds is 5. The number of nitrogens with zero attached hydrogens (tertiary/aromatic N) is 4. The molecule has 9 rings (SSSR count). The van der Waals surface area contributed by atoms with E-state index >= 15 is 0 Å². The molecule has 8 aromatic rings. The Labute approximate surface area is 266 Å². The van der Waals surface area contributed by atoms with E-state index in [1.54, 1.807) is 0 Å². The van der Waals surface area contributed by atoms with Crippen molar-refractivity contribution in [1.29, 1.82) is 0 Å². The fraction of sp³-hybridized carbons (Fsp3) is 0.0244. The van der Waals surface area contributed by atoms with Crippen LogP contribution in [0.25, 0.3) is 44.2 Å². The number of hydrogen-bond donors (Lipinski definition) is 1. The van der Waals surface area contributed by atoms with Crippen molar-refractivity contribution >= 4 is 44.5 Å². The van der Waals surface area contributed by atoms with Gasteiger partial charge in [0, 0.05) is 38.7 Å². The molecular formula is C41H29N5. The molecule has 5 heteroatoms. The topological polar surface area (TPSA) is 46.6 Å². The molecule has 46 heavy (non-hydrogen) atoms. The highest BCUT2D eigenvalue weighted by atomic mass is 15.2. The minimum atomic E-state index is -0.238. The van der Waals surface area contributed by atoms with Crippen LogP contribution in [-0.2, 0) is 0 Å². The normalized spacial score (nSPS) is 14.7. The monoisotopic (exact) mass is 591 g/mol. The average molecular weight is 592 g/mol. The molecule has 0 fully saturated rings. The molecule has 2 aromatic heterocycles. The maximum Gasteiger partial charge on any atom is 0.159 e. The van der Waals surface area contributed by atoms with E-state index < -0.39 is 0 Å². The van der Waals surface area contributed by atoms with Crippen molar-refractivity contribution in [3.63, 3.8) is 0 Å². The zero-order valence-corrected chi connectivity index (χ0v) is 25.0. The van der Waals surface area contributed by atoms with E-state index in [-0.39, 0.29) is 6.17 Å². The second kappa shape index (κ2) is 10.8. The van der Waals surface area contributed by atoms with Crippen molar-refractivity contribution in [2.45, 2.75) is 6.17 Å². The molecule has 5 nitrogen and oxygen atoms in total. The van der Waals surface area contributed by atoms with E-state index in [2.05, 4.69) is 142 Å². The van der Waals surface area contributed by atoms with Crippen LogP contribution in [0.5, 0.6) is 0 Å². The summed E-state index contributed by atoms with van der Waals surface area (Å²) < 4.78 is 4.78. The summed E-state index contributed by atoms with van der Waals surface area (Å²) in [5, 5.41) is 7.34. The summed E-state index contributed by atoms with van der Waals surface area (Å²) in [4.78, 5) is 10.0. The zero-order chi connectivity index (χ0) is 30.5. The highest BCUT2D eigenvalue weighted by Gasteiger charge is 2.23. The molecule has 0 saturated carbocycles. The smallest absolute Gasteiger partial charge is 0.159 e. The first kappa shape index (κ1) is 26.2. The van der Waals surface area contributed by atoms with Crippen LogP contribution in [0.15, 0.2) is 174 Å². The third kappa shape index (κ3) is 4.25. The van der Waals surface area contributed by atoms with Gasteiger partial charge in [-0.05, 0) is 54.1 Å². The number of amidine groups is 2. The van der Waals surface area contributed by atoms with Gasteiger partial charge in [0.15, 0.2) is 5.84 Å². The summed E-state index contributed by atoms with van der Waals surface area (Å²) in [7, 11) is 0. The number of benzene rings is 6. The summed E-state index contributed by atoms with van der Waals surface area (Å²) in [6, 6.07) is 57.3. The van der Waals surface area contributed by atoms with Crippen molar-refractivity contribution in [2.75, 3.05) is 0 Å². The summed E-state index contributed by atoms with van der Waals surface area (Å²) in [6.45, 7) is 0. The third-order valence-electron chi connectivity index (χ3n) is 8.78. The second-order valence-electron chi connectivity index (χ2n) is 11.5. The maximum atomic E-state index is 5.02. The van der Waals surface area contributed by atoms with Gasteiger partial charge >= 0.3 is 0 Å². The predicted octanol–water partition coefficient (Wildman–Crippen LogP) is 9.22. The van der Waals surface area contributed by atoms with Crippen LogP contribution in [0.4, 0.5) is 0 Å². The Hall–Kier alpha value is -6.20. The quantitative estimate of drug-likeness (QED) is 0.213. The molecule has 1 unspecified atom stereocenters. The summed E-state index contributed by atoms with van der Waals surface area (Å²) in [6.07, 6.45) is -0.238. The van der Waals surface area contributed by atoms with Gasteiger partial charge in [0.25, 0.3) is 0 Å². The molecule has 3 heterocycles. The number of aliphatic imine (C=N–C) groups is 2. The van der Waals surface area contributed by atoms with E-state index in [9.17, 15) is 0 Å².